The monoisotopic (exact) mass is 516 g/mol. The summed E-state index contributed by atoms with van der Waals surface area (Å²) in [4.78, 5) is 30.6. The van der Waals surface area contributed by atoms with Gasteiger partial charge in [-0.1, -0.05) is 42.5 Å². The first-order valence-electron chi connectivity index (χ1n) is 12.3. The molecular weight excluding hydrogens is 484 g/mol. The molecule has 4 aromatic rings. The average molecular weight is 517 g/mol. The van der Waals surface area contributed by atoms with Crippen LogP contribution in [0.2, 0.25) is 0 Å². The van der Waals surface area contributed by atoms with Gasteiger partial charge in [0.1, 0.15) is 11.4 Å². The van der Waals surface area contributed by atoms with Gasteiger partial charge in [-0.2, -0.15) is 0 Å². The number of fused-ring (bicyclic) bond motifs is 1. The highest BCUT2D eigenvalue weighted by atomic mass is 16.5. The Morgan fingerprint density at radius 3 is 2.42 bits per heavy atom. The van der Waals surface area contributed by atoms with Crippen molar-refractivity contribution in [3.8, 4) is 5.75 Å². The fraction of sp³-hybridized carbons (Fsp3) is 0.276. The molecule has 9 heteroatoms. The molecule has 0 atom stereocenters. The summed E-state index contributed by atoms with van der Waals surface area (Å²) in [6.07, 6.45) is 2.55. The molecule has 1 amide bonds. The second-order valence-electron chi connectivity index (χ2n) is 8.69. The molecule has 0 saturated carbocycles. The van der Waals surface area contributed by atoms with Crippen LogP contribution in [0, 0.1) is 0 Å². The zero-order chi connectivity index (χ0) is 26.9. The fourth-order valence-corrected chi connectivity index (χ4v) is 4.21. The third-order valence-corrected chi connectivity index (χ3v) is 6.20. The number of hydrogen-bond donors (Lipinski definition) is 2. The number of carbonyl (C=O) groups is 2. The van der Waals surface area contributed by atoms with Gasteiger partial charge in [-0.3, -0.25) is 4.79 Å². The summed E-state index contributed by atoms with van der Waals surface area (Å²) >= 11 is 0. The largest absolute Gasteiger partial charge is 0.497 e. The number of amides is 1. The van der Waals surface area contributed by atoms with Gasteiger partial charge in [0.15, 0.2) is 5.69 Å². The highest BCUT2D eigenvalue weighted by molar-refractivity contribution is 6.11. The minimum atomic E-state index is -0.565. The first-order valence-corrected chi connectivity index (χ1v) is 12.3. The Balaban J connectivity index is 1.65. The van der Waals surface area contributed by atoms with Gasteiger partial charge in [0.05, 0.1) is 38.4 Å². The molecule has 198 valence electrons. The SMILES string of the molecule is COCCn1c(C(=O)OC)c(NC(=O)CCc2ccccc2)c2cc(NCc3ccc(OC)cc3)cnc21. The molecule has 0 aliphatic rings. The summed E-state index contributed by atoms with van der Waals surface area (Å²) < 4.78 is 17.3. The van der Waals surface area contributed by atoms with Gasteiger partial charge < -0.3 is 29.4 Å². The van der Waals surface area contributed by atoms with E-state index in [4.69, 9.17) is 14.2 Å². The summed E-state index contributed by atoms with van der Waals surface area (Å²) in [5.74, 6) is 0.0174. The van der Waals surface area contributed by atoms with E-state index >= 15 is 0 Å². The summed E-state index contributed by atoms with van der Waals surface area (Å²) in [6.45, 7) is 1.28. The van der Waals surface area contributed by atoms with Crippen molar-refractivity contribution in [1.82, 2.24) is 9.55 Å². The molecule has 2 aromatic heterocycles. The highest BCUT2D eigenvalue weighted by Crippen LogP contribution is 2.33. The Bertz CT molecular complexity index is 1380. The van der Waals surface area contributed by atoms with E-state index in [0.717, 1.165) is 22.6 Å². The zero-order valence-electron chi connectivity index (χ0n) is 21.8. The van der Waals surface area contributed by atoms with Crippen molar-refractivity contribution in [3.05, 3.63) is 83.7 Å². The number of anilines is 2. The Morgan fingerprint density at radius 1 is 0.974 bits per heavy atom. The highest BCUT2D eigenvalue weighted by Gasteiger charge is 2.26. The van der Waals surface area contributed by atoms with Gasteiger partial charge in [0, 0.05) is 32.0 Å². The molecule has 0 fully saturated rings. The van der Waals surface area contributed by atoms with E-state index in [1.807, 2.05) is 60.7 Å². The molecule has 38 heavy (non-hydrogen) atoms. The van der Waals surface area contributed by atoms with Crippen molar-refractivity contribution in [2.45, 2.75) is 25.9 Å². The molecule has 0 saturated heterocycles. The van der Waals surface area contributed by atoms with Gasteiger partial charge >= 0.3 is 5.97 Å². The van der Waals surface area contributed by atoms with Crippen molar-refractivity contribution in [2.24, 2.45) is 0 Å². The van der Waals surface area contributed by atoms with E-state index in [9.17, 15) is 9.59 Å². The molecule has 0 aliphatic carbocycles. The van der Waals surface area contributed by atoms with Crippen LogP contribution >= 0.6 is 0 Å². The maximum atomic E-state index is 13.0. The van der Waals surface area contributed by atoms with Crippen molar-refractivity contribution in [2.75, 3.05) is 38.6 Å². The first-order chi connectivity index (χ1) is 18.5. The smallest absolute Gasteiger partial charge is 0.356 e. The maximum Gasteiger partial charge on any atom is 0.356 e. The quantitative estimate of drug-likeness (QED) is 0.264. The lowest BCUT2D eigenvalue weighted by molar-refractivity contribution is -0.116. The van der Waals surface area contributed by atoms with E-state index in [-0.39, 0.29) is 18.0 Å². The van der Waals surface area contributed by atoms with Crippen LogP contribution in [-0.2, 0) is 33.8 Å². The lowest BCUT2D eigenvalue weighted by Crippen LogP contribution is -2.18. The Labute approximate surface area is 221 Å². The second-order valence-corrected chi connectivity index (χ2v) is 8.69. The number of pyridine rings is 1. The third-order valence-electron chi connectivity index (χ3n) is 6.20. The van der Waals surface area contributed by atoms with Crippen LogP contribution in [0.15, 0.2) is 66.9 Å². The molecule has 9 nitrogen and oxygen atoms in total. The number of benzene rings is 2. The third kappa shape index (κ3) is 6.30. The Morgan fingerprint density at radius 2 is 1.74 bits per heavy atom. The van der Waals surface area contributed by atoms with Crippen molar-refractivity contribution < 1.29 is 23.8 Å². The molecule has 0 radical (unpaired) electrons. The number of methoxy groups -OCH3 is 3. The number of hydrogen-bond acceptors (Lipinski definition) is 7. The number of rotatable bonds is 12. The van der Waals surface area contributed by atoms with Crippen molar-refractivity contribution >= 4 is 34.3 Å². The summed E-state index contributed by atoms with van der Waals surface area (Å²) in [7, 11) is 4.54. The molecule has 0 aliphatic heterocycles. The van der Waals surface area contributed by atoms with Crippen molar-refractivity contribution in [3.63, 3.8) is 0 Å². The average Bonchev–Trinajstić information content (AvgIpc) is 3.26. The van der Waals surface area contributed by atoms with Crippen LogP contribution in [0.25, 0.3) is 11.0 Å². The van der Waals surface area contributed by atoms with E-state index in [1.165, 1.54) is 7.11 Å². The van der Waals surface area contributed by atoms with Gasteiger partial charge in [0.2, 0.25) is 5.91 Å². The van der Waals surface area contributed by atoms with E-state index in [1.54, 1.807) is 25.0 Å². The molecule has 0 spiro atoms. The first kappa shape index (κ1) is 26.7. The Kier molecular flexibility index (Phi) is 8.94. The lowest BCUT2D eigenvalue weighted by Gasteiger charge is -2.10. The van der Waals surface area contributed by atoms with Crippen LogP contribution in [0.4, 0.5) is 11.4 Å². The number of esters is 1. The molecule has 2 aromatic carbocycles. The van der Waals surface area contributed by atoms with Crippen molar-refractivity contribution in [1.29, 1.82) is 0 Å². The van der Waals surface area contributed by atoms with Crippen LogP contribution < -0.4 is 15.4 Å². The van der Waals surface area contributed by atoms with E-state index in [2.05, 4.69) is 15.6 Å². The number of aryl methyl sites for hydroxylation is 1. The molecule has 0 bridgehead atoms. The summed E-state index contributed by atoms with van der Waals surface area (Å²) in [5, 5.41) is 6.97. The number of carbonyl (C=O) groups excluding carboxylic acids is 2. The number of aromatic nitrogens is 2. The predicted molar refractivity (Wildman–Crippen MR) is 147 cm³/mol. The van der Waals surface area contributed by atoms with Crippen LogP contribution in [-0.4, -0.2) is 49.4 Å². The molecule has 2 N–H and O–H groups in total. The maximum absolute atomic E-state index is 13.0. The molecular formula is C29H32N4O5. The predicted octanol–water partition coefficient (Wildman–Crippen LogP) is 4.66. The summed E-state index contributed by atoms with van der Waals surface area (Å²) in [6, 6.07) is 19.4. The Hall–Kier alpha value is -4.37. The topological polar surface area (TPSA) is 104 Å². The molecule has 4 rings (SSSR count). The number of ether oxygens (including phenoxy) is 3. The standard InChI is InChI=1S/C29H32N4O5/c1-36-16-15-33-27(29(35)38-3)26(32-25(34)14-11-20-7-5-4-6-8-20)24-17-22(19-31-28(24)33)30-18-21-9-12-23(37-2)13-10-21/h4-10,12-13,17,19,30H,11,14-16,18H2,1-3H3,(H,32,34). The van der Waals surface area contributed by atoms with Crippen LogP contribution in [0.3, 0.4) is 0 Å². The minimum absolute atomic E-state index is 0.207. The fourth-order valence-electron chi connectivity index (χ4n) is 4.21. The van der Waals surface area contributed by atoms with Gasteiger partial charge in [-0.05, 0) is 35.7 Å². The zero-order valence-corrected chi connectivity index (χ0v) is 21.8. The second kappa shape index (κ2) is 12.7. The van der Waals surface area contributed by atoms with Gasteiger partial charge in [-0.15, -0.1) is 0 Å². The lowest BCUT2D eigenvalue weighted by atomic mass is 10.1. The molecule has 2 heterocycles. The van der Waals surface area contributed by atoms with Gasteiger partial charge in [0.25, 0.3) is 0 Å². The normalized spacial score (nSPS) is 10.8. The van der Waals surface area contributed by atoms with Crippen LogP contribution in [0.5, 0.6) is 5.75 Å². The van der Waals surface area contributed by atoms with E-state index in [0.29, 0.717) is 42.8 Å². The van der Waals surface area contributed by atoms with Gasteiger partial charge in [-0.25, -0.2) is 9.78 Å². The number of nitrogens with zero attached hydrogens (tertiary/aromatic N) is 2. The van der Waals surface area contributed by atoms with E-state index < -0.39 is 5.97 Å². The molecule has 0 unspecified atom stereocenters. The van der Waals surface area contributed by atoms with Crippen LogP contribution in [0.1, 0.15) is 28.0 Å². The minimum Gasteiger partial charge on any atom is -0.497 e. The summed E-state index contributed by atoms with van der Waals surface area (Å²) in [5.41, 5.74) is 4.02. The number of nitrogens with one attached hydrogen (secondary N) is 2.